The Morgan fingerprint density at radius 1 is 1.00 bits per heavy atom. The molecule has 0 amide bonds. The van der Waals surface area contributed by atoms with Gasteiger partial charge < -0.3 is 18.6 Å². The van der Waals surface area contributed by atoms with Crippen molar-refractivity contribution in [3.63, 3.8) is 0 Å². The average molecular weight is 339 g/mol. The van der Waals surface area contributed by atoms with E-state index in [-0.39, 0.29) is 26.9 Å². The van der Waals surface area contributed by atoms with E-state index in [1.807, 2.05) is 0 Å². The first kappa shape index (κ1) is 25.4. The first-order valence-electron chi connectivity index (χ1n) is 4.39. The van der Waals surface area contributed by atoms with E-state index in [4.69, 9.17) is 18.4 Å². The van der Waals surface area contributed by atoms with Crippen molar-refractivity contribution in [1.29, 1.82) is 0 Å². The molecule has 1 rings (SSSR count). The Labute approximate surface area is 114 Å². The van der Waals surface area contributed by atoms with Crippen LogP contribution in [-0.4, -0.2) is 28.1 Å². The van der Waals surface area contributed by atoms with Gasteiger partial charge in [-0.15, -0.1) is 0 Å². The van der Waals surface area contributed by atoms with Crippen molar-refractivity contribution in [3.8, 4) is 0 Å². The van der Waals surface area contributed by atoms with Crippen LogP contribution in [0.5, 0.6) is 0 Å². The third-order valence-electron chi connectivity index (χ3n) is 1.57. The molecule has 1 fully saturated rings. The van der Waals surface area contributed by atoms with Crippen LogP contribution in [-0.2, 0) is 37.8 Å². The molecule has 0 aromatic heterocycles. The second-order valence-corrected chi connectivity index (χ2v) is 4.16. The molecule has 0 aromatic carbocycles. The molecule has 1 saturated carbocycles. The predicted octanol–water partition coefficient (Wildman–Crippen LogP) is 2.82. The fourth-order valence-corrected chi connectivity index (χ4v) is 1.47. The van der Waals surface area contributed by atoms with E-state index in [1.165, 1.54) is 25.7 Å². The van der Waals surface area contributed by atoms with Gasteiger partial charge in [0, 0.05) is 0 Å². The van der Waals surface area contributed by atoms with Crippen LogP contribution in [0.2, 0.25) is 0 Å². The largest absolute Gasteiger partial charge is 3.00 e. The molecule has 0 N–H and O–H groups in total. The van der Waals surface area contributed by atoms with E-state index in [9.17, 15) is 0 Å². The van der Waals surface area contributed by atoms with Crippen molar-refractivity contribution in [2.45, 2.75) is 25.7 Å². The zero-order valence-corrected chi connectivity index (χ0v) is 13.2. The molecule has 99 valence electrons. The van der Waals surface area contributed by atoms with E-state index in [0.29, 0.717) is 0 Å². The van der Waals surface area contributed by atoms with Gasteiger partial charge in [0.15, 0.2) is 0 Å². The predicted molar refractivity (Wildman–Crippen MR) is 65.3 cm³/mol. The molecule has 0 atom stereocenters. The molecule has 16 heavy (non-hydrogen) atoms. The summed E-state index contributed by atoms with van der Waals surface area (Å²) in [6, 6.07) is 0. The molecule has 0 heterocycles. The summed E-state index contributed by atoms with van der Waals surface area (Å²) in [5.41, 5.74) is 0. The van der Waals surface area contributed by atoms with Gasteiger partial charge in [-0.1, -0.05) is 12.8 Å². The Morgan fingerprint density at radius 2 is 1.31 bits per heavy atom. The second-order valence-electron chi connectivity index (χ2n) is 2.44. The number of carbonyl (C=O) groups excluding carboxylic acids is 1. The third kappa shape index (κ3) is 20.1. The van der Waals surface area contributed by atoms with Gasteiger partial charge in [-0.25, -0.2) is 0 Å². The Hall–Kier alpha value is 0.603. The number of hydrogen-bond donors (Lipinski definition) is 0. The van der Waals surface area contributed by atoms with E-state index in [2.05, 4.69) is 13.2 Å². The molecule has 0 aliphatic heterocycles. The molecule has 6 heteroatoms. The minimum atomic E-state index is -1.36. The second kappa shape index (κ2) is 24.7. The molecule has 0 aromatic rings. The molecule has 1 radical (unpaired) electrons. The molecule has 1 aliphatic rings. The van der Waals surface area contributed by atoms with Crippen LogP contribution in [0, 0.1) is 13.8 Å². The maximum atomic E-state index is 7.75. The van der Waals surface area contributed by atoms with E-state index < -0.39 is 8.60 Å². The molecule has 0 saturated heterocycles. The topological polar surface area (TPSA) is 44.8 Å². The minimum Gasteiger partial charge on any atom is -0.545 e. The fraction of sp³-hybridized carbons (Fsp3) is 0.700. The first-order valence-corrected chi connectivity index (χ1v) is 5.61. The van der Waals surface area contributed by atoms with Crippen LogP contribution in [0.15, 0.2) is 0 Å². The van der Waals surface area contributed by atoms with Gasteiger partial charge in [0.2, 0.25) is 0 Å². The number of hydrogen-bond acceptors (Lipinski definition) is 4. The zero-order chi connectivity index (χ0) is 11.2. The van der Waals surface area contributed by atoms with Crippen LogP contribution >= 0.6 is 8.60 Å². The summed E-state index contributed by atoms with van der Waals surface area (Å²) in [6.07, 6.45) is 8.00. The first-order chi connectivity index (χ1) is 6.85. The standard InChI is InChI=1S/C5H9.C3H10O3P.CHO.CH3.Ru/c1-2-4-5-3-1;1-4-7(5-2)6-3;1-2;;/h1H,2-5H2;7H,1-3H3;1H;1H3;/q-1;+1;2*-1;+3. The molecule has 0 spiro atoms. The summed E-state index contributed by atoms with van der Waals surface area (Å²) in [4.78, 5) is 7.75. The van der Waals surface area contributed by atoms with Crippen molar-refractivity contribution in [2.24, 2.45) is 0 Å². The van der Waals surface area contributed by atoms with Gasteiger partial charge in [-0.3, -0.25) is 6.79 Å². The van der Waals surface area contributed by atoms with E-state index >= 15 is 0 Å². The maximum Gasteiger partial charge on any atom is 3.00 e. The maximum absolute atomic E-state index is 7.75. The Balaban J connectivity index is -0.0000000716. The Bertz CT molecular complexity index is 87.7. The Kier molecular flexibility index (Phi) is 39.3. The average Bonchev–Trinajstić information content (AvgIpc) is 2.82. The van der Waals surface area contributed by atoms with Crippen molar-refractivity contribution in [1.82, 2.24) is 0 Å². The molecule has 0 bridgehead atoms. The SMILES string of the molecule is CO[PH+](OC)OC.[CH-]1CCCC1.[CH-]=O.[CH3-].[Ru+3]. The summed E-state index contributed by atoms with van der Waals surface area (Å²) >= 11 is 0. The molecule has 0 unspecified atom stereocenters. The van der Waals surface area contributed by atoms with Crippen molar-refractivity contribution >= 4 is 15.4 Å². The van der Waals surface area contributed by atoms with Crippen LogP contribution < -0.4 is 0 Å². The van der Waals surface area contributed by atoms with Crippen LogP contribution in [0.25, 0.3) is 0 Å². The summed E-state index contributed by atoms with van der Waals surface area (Å²) in [5, 5.41) is 0. The summed E-state index contributed by atoms with van der Waals surface area (Å²) in [6.45, 7) is 3.25. The summed E-state index contributed by atoms with van der Waals surface area (Å²) in [7, 11) is 3.31. The van der Waals surface area contributed by atoms with Gasteiger partial charge in [-0.05, 0) is 0 Å². The minimum absolute atomic E-state index is 0. The van der Waals surface area contributed by atoms with Crippen LogP contribution in [0.4, 0.5) is 0 Å². The third-order valence-corrected chi connectivity index (χ3v) is 2.57. The van der Waals surface area contributed by atoms with Gasteiger partial charge in [-0.2, -0.15) is 26.4 Å². The van der Waals surface area contributed by atoms with Crippen molar-refractivity contribution in [3.05, 3.63) is 13.8 Å². The van der Waals surface area contributed by atoms with Crippen LogP contribution in [0.3, 0.4) is 0 Å². The van der Waals surface area contributed by atoms with Crippen LogP contribution in [0.1, 0.15) is 25.7 Å². The molecular weight excluding hydrogens is 316 g/mol. The van der Waals surface area contributed by atoms with Crippen molar-refractivity contribution in [2.75, 3.05) is 21.3 Å². The molecule has 1 aliphatic carbocycles. The van der Waals surface area contributed by atoms with Gasteiger partial charge >= 0.3 is 28.1 Å². The van der Waals surface area contributed by atoms with Gasteiger partial charge in [0.25, 0.3) is 0 Å². The quantitative estimate of drug-likeness (QED) is 0.343. The normalized spacial score (nSPS) is 12.2. The van der Waals surface area contributed by atoms with Gasteiger partial charge in [0.05, 0.1) is 21.3 Å². The fourth-order valence-electron chi connectivity index (χ4n) is 0.972. The molecule has 4 nitrogen and oxygen atoms in total. The number of rotatable bonds is 3. The van der Waals surface area contributed by atoms with E-state index in [0.717, 1.165) is 0 Å². The summed E-state index contributed by atoms with van der Waals surface area (Å²) < 4.78 is 14.1. The molecular formula is C10H23O4PRu+. The monoisotopic (exact) mass is 340 g/mol. The zero-order valence-electron chi connectivity index (χ0n) is 10.5. The smallest absolute Gasteiger partial charge is 0.545 e. The van der Waals surface area contributed by atoms with Crippen molar-refractivity contribution < 1.29 is 37.8 Å². The Morgan fingerprint density at radius 3 is 1.38 bits per heavy atom. The van der Waals surface area contributed by atoms with E-state index in [1.54, 1.807) is 21.3 Å². The summed E-state index contributed by atoms with van der Waals surface area (Å²) in [5.74, 6) is 0. The van der Waals surface area contributed by atoms with Gasteiger partial charge in [0.1, 0.15) is 0 Å².